The normalized spacial score (nSPS) is 18.6. The Morgan fingerprint density at radius 1 is 1.13 bits per heavy atom. The molecule has 30 heavy (non-hydrogen) atoms. The van der Waals surface area contributed by atoms with Crippen molar-refractivity contribution in [3.8, 4) is 11.3 Å². The highest BCUT2D eigenvalue weighted by molar-refractivity contribution is 5.63. The maximum atomic E-state index is 12.7. The average molecular weight is 414 g/mol. The molecule has 0 amide bonds. The third kappa shape index (κ3) is 3.08. The highest BCUT2D eigenvalue weighted by Crippen LogP contribution is 2.55. The zero-order chi connectivity index (χ0) is 21.0. The number of fused-ring (bicyclic) bond motifs is 1. The van der Waals surface area contributed by atoms with Crippen molar-refractivity contribution in [1.29, 1.82) is 0 Å². The summed E-state index contributed by atoms with van der Waals surface area (Å²) in [5.74, 6) is -0.0126. The Morgan fingerprint density at radius 2 is 1.97 bits per heavy atom. The molecule has 5 rings (SSSR count). The molecule has 1 saturated carbocycles. The third-order valence-corrected chi connectivity index (χ3v) is 5.18. The van der Waals surface area contributed by atoms with E-state index in [1.54, 1.807) is 18.5 Å². The summed E-state index contributed by atoms with van der Waals surface area (Å²) in [6.07, 6.45) is 1.99. The van der Waals surface area contributed by atoms with Crippen molar-refractivity contribution in [1.82, 2.24) is 29.5 Å². The standard InChI is InChI=1S/C19H13F3N6O2/c20-19(21,22)15-2-1-9(7-24-15)10-5-11(10)12-6-14(27-28-4-3-23-16(12)28)13-8-25-18(30)26-17(13)29/h1-4,6-8,10-11H,5H2,(H2,25,26,29,30)/t10-,11+/m0/s1. The molecule has 2 N–H and O–H groups in total. The number of rotatable bonds is 3. The van der Waals surface area contributed by atoms with E-state index in [9.17, 15) is 22.8 Å². The SMILES string of the molecule is O=c1[nH]cc(-c2cc([C@@H]3C[C@H]3c3ccc(C(F)(F)F)nc3)c3nccn3n2)c(=O)[nH]1. The van der Waals surface area contributed by atoms with Crippen LogP contribution in [0.25, 0.3) is 16.9 Å². The molecule has 2 atom stereocenters. The zero-order valence-corrected chi connectivity index (χ0v) is 15.1. The largest absolute Gasteiger partial charge is 0.433 e. The lowest BCUT2D eigenvalue weighted by Crippen LogP contribution is -2.23. The first kappa shape index (κ1) is 18.3. The summed E-state index contributed by atoms with van der Waals surface area (Å²) in [7, 11) is 0. The maximum absolute atomic E-state index is 12.7. The fraction of sp³-hybridized carbons (Fsp3) is 0.211. The molecule has 1 aliphatic carbocycles. The molecule has 4 heterocycles. The second-order valence-corrected chi connectivity index (χ2v) is 7.09. The van der Waals surface area contributed by atoms with Crippen molar-refractivity contribution in [3.63, 3.8) is 0 Å². The van der Waals surface area contributed by atoms with Crippen molar-refractivity contribution in [2.24, 2.45) is 0 Å². The van der Waals surface area contributed by atoms with E-state index in [0.29, 0.717) is 23.3 Å². The van der Waals surface area contributed by atoms with Crippen LogP contribution in [0, 0.1) is 0 Å². The van der Waals surface area contributed by atoms with Crippen LogP contribution in [-0.4, -0.2) is 29.5 Å². The van der Waals surface area contributed by atoms with E-state index in [4.69, 9.17) is 0 Å². The number of halogens is 3. The van der Waals surface area contributed by atoms with Crippen molar-refractivity contribution in [2.75, 3.05) is 0 Å². The Balaban J connectivity index is 1.53. The maximum Gasteiger partial charge on any atom is 0.433 e. The summed E-state index contributed by atoms with van der Waals surface area (Å²) in [5.41, 5.74) is 0.553. The third-order valence-electron chi connectivity index (χ3n) is 5.18. The lowest BCUT2D eigenvalue weighted by molar-refractivity contribution is -0.141. The molecule has 1 fully saturated rings. The molecule has 0 radical (unpaired) electrons. The predicted octanol–water partition coefficient (Wildman–Crippen LogP) is 2.46. The Morgan fingerprint density at radius 3 is 2.67 bits per heavy atom. The monoisotopic (exact) mass is 414 g/mol. The number of alkyl halides is 3. The van der Waals surface area contributed by atoms with E-state index in [2.05, 4.69) is 25.0 Å². The number of imidazole rings is 1. The van der Waals surface area contributed by atoms with Gasteiger partial charge in [-0.1, -0.05) is 6.07 Å². The van der Waals surface area contributed by atoms with Gasteiger partial charge in [0.1, 0.15) is 5.69 Å². The molecule has 0 aliphatic heterocycles. The first-order chi connectivity index (χ1) is 14.3. The second kappa shape index (κ2) is 6.37. The summed E-state index contributed by atoms with van der Waals surface area (Å²) < 4.78 is 39.8. The van der Waals surface area contributed by atoms with Crippen LogP contribution in [0.2, 0.25) is 0 Å². The van der Waals surface area contributed by atoms with Gasteiger partial charge in [-0.3, -0.25) is 14.8 Å². The summed E-state index contributed by atoms with van der Waals surface area (Å²) in [4.78, 5) is 35.9. The van der Waals surface area contributed by atoms with Crippen LogP contribution in [0.3, 0.4) is 0 Å². The lowest BCUT2D eigenvalue weighted by Gasteiger charge is -2.08. The van der Waals surface area contributed by atoms with Crippen LogP contribution >= 0.6 is 0 Å². The summed E-state index contributed by atoms with van der Waals surface area (Å²) in [6, 6.07) is 4.15. The van der Waals surface area contributed by atoms with Crippen LogP contribution in [-0.2, 0) is 6.18 Å². The fourth-order valence-corrected chi connectivity index (χ4v) is 3.65. The van der Waals surface area contributed by atoms with E-state index in [1.165, 1.54) is 23.0 Å². The van der Waals surface area contributed by atoms with Gasteiger partial charge in [0, 0.05) is 30.4 Å². The molecular formula is C19H13F3N6O2. The lowest BCUT2D eigenvalue weighted by atomic mass is 10.0. The van der Waals surface area contributed by atoms with Gasteiger partial charge < -0.3 is 4.98 Å². The van der Waals surface area contributed by atoms with Crippen LogP contribution in [0.4, 0.5) is 13.2 Å². The molecule has 0 bridgehead atoms. The smallest absolute Gasteiger partial charge is 0.313 e. The number of pyridine rings is 1. The van der Waals surface area contributed by atoms with Gasteiger partial charge in [0.2, 0.25) is 0 Å². The minimum atomic E-state index is -4.48. The first-order valence-electron chi connectivity index (χ1n) is 9.01. The van der Waals surface area contributed by atoms with E-state index >= 15 is 0 Å². The molecule has 4 aromatic rings. The van der Waals surface area contributed by atoms with Crippen LogP contribution in [0.15, 0.2) is 52.6 Å². The summed E-state index contributed by atoms with van der Waals surface area (Å²) >= 11 is 0. The molecule has 0 spiro atoms. The molecule has 0 aromatic carbocycles. The number of nitrogens with zero attached hydrogens (tertiary/aromatic N) is 4. The van der Waals surface area contributed by atoms with Crippen LogP contribution < -0.4 is 11.2 Å². The number of H-pyrrole nitrogens is 2. The van der Waals surface area contributed by atoms with Crippen molar-refractivity contribution in [3.05, 3.63) is 80.6 Å². The van der Waals surface area contributed by atoms with Gasteiger partial charge in [0.25, 0.3) is 5.56 Å². The average Bonchev–Trinajstić information content (AvgIpc) is 3.35. The van der Waals surface area contributed by atoms with E-state index in [-0.39, 0.29) is 17.4 Å². The number of hydrogen-bond donors (Lipinski definition) is 2. The van der Waals surface area contributed by atoms with E-state index < -0.39 is 23.1 Å². The second-order valence-electron chi connectivity index (χ2n) is 7.09. The molecule has 1 aliphatic rings. The molecule has 11 heteroatoms. The number of aromatic amines is 2. The Kier molecular flexibility index (Phi) is 3.88. The molecule has 152 valence electrons. The first-order valence-corrected chi connectivity index (χ1v) is 9.01. The van der Waals surface area contributed by atoms with Crippen molar-refractivity contribution >= 4 is 5.65 Å². The van der Waals surface area contributed by atoms with Gasteiger partial charge in [-0.25, -0.2) is 14.3 Å². The van der Waals surface area contributed by atoms with Gasteiger partial charge in [0.05, 0.1) is 11.3 Å². The molecule has 0 unspecified atom stereocenters. The Hall–Kier alpha value is -3.76. The summed E-state index contributed by atoms with van der Waals surface area (Å²) in [5, 5.41) is 4.38. The van der Waals surface area contributed by atoms with Crippen molar-refractivity contribution < 1.29 is 13.2 Å². The minimum Gasteiger partial charge on any atom is -0.313 e. The van der Waals surface area contributed by atoms with Gasteiger partial charge in [-0.2, -0.15) is 18.3 Å². The number of hydrogen-bond acceptors (Lipinski definition) is 5. The number of aromatic nitrogens is 6. The topological polar surface area (TPSA) is 109 Å². The molecule has 8 nitrogen and oxygen atoms in total. The van der Waals surface area contributed by atoms with Crippen molar-refractivity contribution in [2.45, 2.75) is 24.4 Å². The highest BCUT2D eigenvalue weighted by Gasteiger charge is 2.42. The van der Waals surface area contributed by atoms with Crippen LogP contribution in [0.1, 0.15) is 35.1 Å². The van der Waals surface area contributed by atoms with Gasteiger partial charge in [0.15, 0.2) is 5.65 Å². The molecular weight excluding hydrogens is 401 g/mol. The van der Waals surface area contributed by atoms with E-state index in [1.807, 2.05) is 0 Å². The quantitative estimate of drug-likeness (QED) is 0.535. The highest BCUT2D eigenvalue weighted by atomic mass is 19.4. The van der Waals surface area contributed by atoms with Gasteiger partial charge in [-0.15, -0.1) is 0 Å². The fourth-order valence-electron chi connectivity index (χ4n) is 3.65. The Bertz CT molecular complexity index is 1370. The molecule has 4 aromatic heterocycles. The van der Waals surface area contributed by atoms with Crippen LogP contribution in [0.5, 0.6) is 0 Å². The Labute approximate surface area is 165 Å². The predicted molar refractivity (Wildman–Crippen MR) is 99.0 cm³/mol. The van der Waals surface area contributed by atoms with Gasteiger partial charge >= 0.3 is 11.9 Å². The zero-order valence-electron chi connectivity index (χ0n) is 15.1. The van der Waals surface area contributed by atoms with Gasteiger partial charge in [-0.05, 0) is 36.0 Å². The minimum absolute atomic E-state index is 0.00275. The van der Waals surface area contributed by atoms with E-state index in [0.717, 1.165) is 11.6 Å². The number of nitrogens with one attached hydrogen (secondary N) is 2. The molecule has 0 saturated heterocycles. The summed E-state index contributed by atoms with van der Waals surface area (Å²) in [6.45, 7) is 0.